The molecule has 2 aromatic rings. The number of nitrogens with one attached hydrogen (secondary N) is 1. The first-order chi connectivity index (χ1) is 12.1. The van der Waals surface area contributed by atoms with Crippen molar-refractivity contribution in [2.24, 2.45) is 0 Å². The SMILES string of the molecule is CC(C)c1nnc(CN2CCCC2c2nc(C(=O)NC3CC3)no2)o1. The zero-order valence-electron chi connectivity index (χ0n) is 14.4. The minimum atomic E-state index is -0.263. The van der Waals surface area contributed by atoms with Gasteiger partial charge < -0.3 is 14.3 Å². The molecule has 1 atom stereocenters. The second-order valence-corrected chi connectivity index (χ2v) is 7.02. The van der Waals surface area contributed by atoms with Gasteiger partial charge in [-0.2, -0.15) is 4.98 Å². The maximum Gasteiger partial charge on any atom is 0.292 e. The van der Waals surface area contributed by atoms with Crippen molar-refractivity contribution in [1.82, 2.24) is 30.6 Å². The molecule has 1 saturated heterocycles. The smallest absolute Gasteiger partial charge is 0.292 e. The summed E-state index contributed by atoms with van der Waals surface area (Å²) >= 11 is 0. The van der Waals surface area contributed by atoms with E-state index >= 15 is 0 Å². The lowest BCUT2D eigenvalue weighted by molar-refractivity contribution is 0.0937. The van der Waals surface area contributed by atoms with Crippen molar-refractivity contribution in [1.29, 1.82) is 0 Å². The fourth-order valence-corrected chi connectivity index (χ4v) is 2.97. The number of likely N-dealkylation sites (tertiary alicyclic amines) is 1. The van der Waals surface area contributed by atoms with Gasteiger partial charge in [-0.05, 0) is 32.2 Å². The maximum absolute atomic E-state index is 12.0. The van der Waals surface area contributed by atoms with E-state index in [0.29, 0.717) is 24.2 Å². The molecule has 9 heteroatoms. The van der Waals surface area contributed by atoms with Gasteiger partial charge >= 0.3 is 0 Å². The highest BCUT2D eigenvalue weighted by molar-refractivity contribution is 5.90. The lowest BCUT2D eigenvalue weighted by atomic mass is 10.2. The van der Waals surface area contributed by atoms with Crippen LogP contribution in [0.4, 0.5) is 0 Å². The molecule has 2 aromatic heterocycles. The van der Waals surface area contributed by atoms with Gasteiger partial charge in [0.1, 0.15) is 0 Å². The van der Waals surface area contributed by atoms with Crippen LogP contribution in [-0.2, 0) is 6.54 Å². The Kier molecular flexibility index (Phi) is 4.24. The van der Waals surface area contributed by atoms with Crippen molar-refractivity contribution in [2.45, 2.75) is 64.1 Å². The number of hydrogen-bond acceptors (Lipinski definition) is 8. The quantitative estimate of drug-likeness (QED) is 0.843. The van der Waals surface area contributed by atoms with E-state index in [2.05, 4.69) is 30.6 Å². The highest BCUT2D eigenvalue weighted by Gasteiger charge is 2.33. The van der Waals surface area contributed by atoms with Crippen molar-refractivity contribution in [3.63, 3.8) is 0 Å². The minimum Gasteiger partial charge on any atom is -0.424 e. The predicted molar refractivity (Wildman–Crippen MR) is 85.6 cm³/mol. The van der Waals surface area contributed by atoms with Gasteiger partial charge in [0.15, 0.2) is 0 Å². The van der Waals surface area contributed by atoms with Crippen LogP contribution in [0.5, 0.6) is 0 Å². The zero-order valence-corrected chi connectivity index (χ0v) is 14.4. The maximum atomic E-state index is 12.0. The van der Waals surface area contributed by atoms with Crippen LogP contribution in [0.2, 0.25) is 0 Å². The summed E-state index contributed by atoms with van der Waals surface area (Å²) in [4.78, 5) is 18.5. The van der Waals surface area contributed by atoms with Gasteiger partial charge in [-0.1, -0.05) is 19.0 Å². The molecule has 0 aromatic carbocycles. The number of carbonyl (C=O) groups is 1. The second kappa shape index (κ2) is 6.55. The molecule has 2 aliphatic rings. The molecule has 1 amide bonds. The molecule has 1 aliphatic carbocycles. The lowest BCUT2D eigenvalue weighted by Gasteiger charge is -2.19. The first-order valence-corrected chi connectivity index (χ1v) is 8.81. The van der Waals surface area contributed by atoms with Crippen LogP contribution >= 0.6 is 0 Å². The number of nitrogens with zero attached hydrogens (tertiary/aromatic N) is 5. The van der Waals surface area contributed by atoms with Crippen LogP contribution < -0.4 is 5.32 Å². The Hall–Kier alpha value is -2.29. The van der Waals surface area contributed by atoms with E-state index in [1.807, 2.05) is 13.8 Å². The summed E-state index contributed by atoms with van der Waals surface area (Å²) in [5, 5.41) is 14.9. The summed E-state index contributed by atoms with van der Waals surface area (Å²) in [7, 11) is 0. The zero-order chi connectivity index (χ0) is 17.4. The molecule has 25 heavy (non-hydrogen) atoms. The van der Waals surface area contributed by atoms with Crippen molar-refractivity contribution in [3.05, 3.63) is 23.5 Å². The molecule has 134 valence electrons. The first-order valence-electron chi connectivity index (χ1n) is 8.81. The Morgan fingerprint density at radius 1 is 1.32 bits per heavy atom. The van der Waals surface area contributed by atoms with Crippen molar-refractivity contribution in [2.75, 3.05) is 6.54 Å². The molecule has 9 nitrogen and oxygen atoms in total. The molecule has 0 bridgehead atoms. The van der Waals surface area contributed by atoms with Crippen molar-refractivity contribution >= 4 is 5.91 Å². The molecular formula is C16H22N6O3. The highest BCUT2D eigenvalue weighted by atomic mass is 16.5. The van der Waals surface area contributed by atoms with Crippen LogP contribution in [-0.4, -0.2) is 43.7 Å². The predicted octanol–water partition coefficient (Wildman–Crippen LogP) is 1.81. The average molecular weight is 346 g/mol. The van der Waals surface area contributed by atoms with Crippen LogP contribution in [0.25, 0.3) is 0 Å². The number of amides is 1. The van der Waals surface area contributed by atoms with Gasteiger partial charge in [0.2, 0.25) is 17.7 Å². The summed E-state index contributed by atoms with van der Waals surface area (Å²) in [6, 6.07) is 0.245. The molecule has 4 rings (SSSR count). The topological polar surface area (TPSA) is 110 Å². The molecule has 1 aliphatic heterocycles. The summed E-state index contributed by atoms with van der Waals surface area (Å²) in [6.07, 6.45) is 3.96. The molecule has 2 fully saturated rings. The van der Waals surface area contributed by atoms with Crippen LogP contribution in [0.15, 0.2) is 8.94 Å². The van der Waals surface area contributed by atoms with Gasteiger partial charge in [-0.25, -0.2) is 0 Å². The van der Waals surface area contributed by atoms with E-state index in [1.165, 1.54) is 0 Å². The normalized spacial score (nSPS) is 21.2. The Labute approximate surface area is 145 Å². The van der Waals surface area contributed by atoms with E-state index in [4.69, 9.17) is 8.94 Å². The van der Waals surface area contributed by atoms with Gasteiger partial charge in [-0.3, -0.25) is 9.69 Å². The molecule has 1 unspecified atom stereocenters. The number of aromatic nitrogens is 4. The average Bonchev–Trinajstić information content (AvgIpc) is 3.01. The Morgan fingerprint density at radius 3 is 2.88 bits per heavy atom. The number of rotatable bonds is 6. The van der Waals surface area contributed by atoms with Crippen LogP contribution in [0.3, 0.4) is 0 Å². The van der Waals surface area contributed by atoms with Gasteiger partial charge in [0.25, 0.3) is 11.7 Å². The fraction of sp³-hybridized carbons (Fsp3) is 0.688. The number of carbonyl (C=O) groups excluding carboxylic acids is 1. The summed E-state index contributed by atoms with van der Waals surface area (Å²) in [6.45, 7) is 5.46. The summed E-state index contributed by atoms with van der Waals surface area (Å²) in [5.74, 6) is 1.75. The molecule has 0 spiro atoms. The van der Waals surface area contributed by atoms with Gasteiger partial charge in [-0.15, -0.1) is 10.2 Å². The highest BCUT2D eigenvalue weighted by Crippen LogP contribution is 2.32. The van der Waals surface area contributed by atoms with E-state index in [0.717, 1.165) is 32.2 Å². The lowest BCUT2D eigenvalue weighted by Crippen LogP contribution is -2.27. The van der Waals surface area contributed by atoms with Gasteiger partial charge in [0.05, 0.1) is 12.6 Å². The Bertz CT molecular complexity index is 751. The monoisotopic (exact) mass is 346 g/mol. The third-order valence-corrected chi connectivity index (χ3v) is 4.52. The Balaban J connectivity index is 1.43. The van der Waals surface area contributed by atoms with E-state index in [1.54, 1.807) is 0 Å². The minimum absolute atomic E-state index is 0.0237. The van der Waals surface area contributed by atoms with E-state index in [9.17, 15) is 4.79 Å². The summed E-state index contributed by atoms with van der Waals surface area (Å²) in [5.41, 5.74) is 0. The van der Waals surface area contributed by atoms with Crippen molar-refractivity contribution < 1.29 is 13.7 Å². The molecular weight excluding hydrogens is 324 g/mol. The van der Waals surface area contributed by atoms with E-state index < -0.39 is 0 Å². The Morgan fingerprint density at radius 2 is 2.16 bits per heavy atom. The van der Waals surface area contributed by atoms with Gasteiger partial charge in [0, 0.05) is 12.0 Å². The third-order valence-electron chi connectivity index (χ3n) is 4.52. The largest absolute Gasteiger partial charge is 0.424 e. The van der Waals surface area contributed by atoms with E-state index in [-0.39, 0.29) is 29.7 Å². The van der Waals surface area contributed by atoms with Crippen LogP contribution in [0.1, 0.15) is 79.8 Å². The third kappa shape index (κ3) is 3.55. The fourth-order valence-electron chi connectivity index (χ4n) is 2.97. The molecule has 0 radical (unpaired) electrons. The van der Waals surface area contributed by atoms with Crippen molar-refractivity contribution in [3.8, 4) is 0 Å². The molecule has 1 N–H and O–H groups in total. The summed E-state index contributed by atoms with van der Waals surface area (Å²) < 4.78 is 11.0. The second-order valence-electron chi connectivity index (χ2n) is 7.02. The molecule has 1 saturated carbocycles. The first kappa shape index (κ1) is 16.2. The standard InChI is InChI=1S/C16H22N6O3/c1-9(2)15-20-19-12(24-15)8-22-7-3-4-11(22)16-18-13(21-25-16)14(23)17-10-5-6-10/h9-11H,3-8H2,1-2H3,(H,17,23). The van der Waals surface area contributed by atoms with Crippen LogP contribution in [0, 0.1) is 0 Å². The molecule has 3 heterocycles. The number of hydrogen-bond donors (Lipinski definition) is 1.